The highest BCUT2D eigenvalue weighted by atomic mass is 32.2. The standard InChI is InChI=1S/C23H23NO7S/c1-3-29-19-13-16(9-10-18(19)31-15-21(25)28-2)14-20-22(26)24(23(27)32-20)11-12-30-17-7-5-4-6-8-17/h4-10,13-14H,3,11-12,15H2,1-2H3/b20-14-. The Hall–Kier alpha value is -3.46. The highest BCUT2D eigenvalue weighted by molar-refractivity contribution is 8.18. The summed E-state index contributed by atoms with van der Waals surface area (Å²) in [7, 11) is 1.28. The lowest BCUT2D eigenvalue weighted by atomic mass is 10.2. The molecule has 0 aliphatic carbocycles. The molecule has 3 rings (SSSR count). The molecule has 1 fully saturated rings. The van der Waals surface area contributed by atoms with Crippen molar-refractivity contribution in [3.8, 4) is 17.2 Å². The molecule has 0 radical (unpaired) electrons. The van der Waals surface area contributed by atoms with Crippen LogP contribution in [0.1, 0.15) is 12.5 Å². The fourth-order valence-corrected chi connectivity index (χ4v) is 3.68. The third-order valence-electron chi connectivity index (χ3n) is 4.34. The molecule has 8 nitrogen and oxygen atoms in total. The van der Waals surface area contributed by atoms with Crippen molar-refractivity contribution in [1.29, 1.82) is 0 Å². The van der Waals surface area contributed by atoms with Gasteiger partial charge in [-0.25, -0.2) is 4.79 Å². The average molecular weight is 458 g/mol. The van der Waals surface area contributed by atoms with Crippen molar-refractivity contribution in [3.05, 3.63) is 59.0 Å². The second-order valence-electron chi connectivity index (χ2n) is 6.50. The minimum Gasteiger partial charge on any atom is -0.492 e. The number of hydrogen-bond donors (Lipinski definition) is 0. The van der Waals surface area contributed by atoms with Crippen molar-refractivity contribution >= 4 is 35.0 Å². The number of thioether (sulfide) groups is 1. The number of para-hydroxylation sites is 1. The van der Waals surface area contributed by atoms with E-state index in [0.29, 0.717) is 34.3 Å². The summed E-state index contributed by atoms with van der Waals surface area (Å²) in [6.45, 7) is 2.31. The number of rotatable bonds is 10. The Labute approximate surface area is 190 Å². The number of ether oxygens (including phenoxy) is 4. The van der Waals surface area contributed by atoms with Crippen LogP contribution < -0.4 is 14.2 Å². The lowest BCUT2D eigenvalue weighted by Gasteiger charge is -2.13. The minimum atomic E-state index is -0.513. The van der Waals surface area contributed by atoms with E-state index in [4.69, 9.17) is 14.2 Å². The van der Waals surface area contributed by atoms with Crippen LogP contribution in [0.2, 0.25) is 0 Å². The zero-order valence-corrected chi connectivity index (χ0v) is 18.6. The molecule has 1 heterocycles. The van der Waals surface area contributed by atoms with Gasteiger partial charge in [-0.05, 0) is 54.6 Å². The molecule has 0 N–H and O–H groups in total. The maximum atomic E-state index is 12.7. The van der Waals surface area contributed by atoms with E-state index >= 15 is 0 Å². The van der Waals surface area contributed by atoms with E-state index in [1.165, 1.54) is 7.11 Å². The largest absolute Gasteiger partial charge is 0.492 e. The second-order valence-corrected chi connectivity index (χ2v) is 7.49. The summed E-state index contributed by atoms with van der Waals surface area (Å²) >= 11 is 0.873. The molecule has 2 aromatic rings. The summed E-state index contributed by atoms with van der Waals surface area (Å²) in [5, 5.41) is -0.346. The Kier molecular flexibility index (Phi) is 8.15. The predicted octanol–water partition coefficient (Wildman–Crippen LogP) is 3.75. The molecule has 0 bridgehead atoms. The number of amides is 2. The van der Waals surface area contributed by atoms with Crippen molar-refractivity contribution < 1.29 is 33.3 Å². The van der Waals surface area contributed by atoms with Crippen LogP contribution in [0.15, 0.2) is 53.4 Å². The maximum absolute atomic E-state index is 12.7. The fraction of sp³-hybridized carbons (Fsp3) is 0.261. The van der Waals surface area contributed by atoms with Gasteiger partial charge in [0.25, 0.3) is 11.1 Å². The van der Waals surface area contributed by atoms with Crippen molar-refractivity contribution in [2.45, 2.75) is 6.92 Å². The third-order valence-corrected chi connectivity index (χ3v) is 5.25. The van der Waals surface area contributed by atoms with Gasteiger partial charge in [0.1, 0.15) is 12.4 Å². The fourth-order valence-electron chi connectivity index (χ4n) is 2.81. The number of carbonyl (C=O) groups is 3. The molecule has 2 amide bonds. The summed E-state index contributed by atoms with van der Waals surface area (Å²) in [6, 6.07) is 14.2. The molecule has 1 saturated heterocycles. The number of imide groups is 1. The van der Waals surface area contributed by atoms with Crippen molar-refractivity contribution in [1.82, 2.24) is 4.90 Å². The predicted molar refractivity (Wildman–Crippen MR) is 120 cm³/mol. The van der Waals surface area contributed by atoms with Crippen LogP contribution in [0, 0.1) is 0 Å². The summed E-state index contributed by atoms with van der Waals surface area (Å²) in [4.78, 5) is 37.8. The summed E-state index contributed by atoms with van der Waals surface area (Å²) in [5.74, 6) is 0.580. The first-order chi connectivity index (χ1) is 15.5. The van der Waals surface area contributed by atoms with Gasteiger partial charge in [-0.3, -0.25) is 14.5 Å². The average Bonchev–Trinajstić information content (AvgIpc) is 3.06. The molecule has 168 valence electrons. The first kappa shape index (κ1) is 23.2. The number of benzene rings is 2. The maximum Gasteiger partial charge on any atom is 0.343 e. The van der Waals surface area contributed by atoms with Gasteiger partial charge in [0.15, 0.2) is 18.1 Å². The van der Waals surface area contributed by atoms with Crippen LogP contribution in [0.3, 0.4) is 0 Å². The van der Waals surface area contributed by atoms with Gasteiger partial charge in [-0.2, -0.15) is 0 Å². The van der Waals surface area contributed by atoms with Gasteiger partial charge in [0, 0.05) is 0 Å². The van der Waals surface area contributed by atoms with Crippen LogP contribution in [-0.4, -0.2) is 55.5 Å². The van der Waals surface area contributed by atoms with Gasteiger partial charge in [0.05, 0.1) is 25.2 Å². The van der Waals surface area contributed by atoms with E-state index < -0.39 is 5.97 Å². The van der Waals surface area contributed by atoms with E-state index in [2.05, 4.69) is 4.74 Å². The van der Waals surface area contributed by atoms with Crippen LogP contribution >= 0.6 is 11.8 Å². The SMILES string of the molecule is CCOc1cc(/C=C2\SC(=O)N(CCOc3ccccc3)C2=O)ccc1OCC(=O)OC. The molecule has 1 aliphatic rings. The van der Waals surface area contributed by atoms with Gasteiger partial charge >= 0.3 is 5.97 Å². The normalized spacial score (nSPS) is 14.6. The molecular formula is C23H23NO7S. The minimum absolute atomic E-state index is 0.154. The van der Waals surface area contributed by atoms with Gasteiger partial charge in [-0.1, -0.05) is 24.3 Å². The quantitative estimate of drug-likeness (QED) is 0.394. The molecule has 9 heteroatoms. The van der Waals surface area contributed by atoms with Gasteiger partial charge in [-0.15, -0.1) is 0 Å². The highest BCUT2D eigenvalue weighted by Crippen LogP contribution is 2.34. The second kappa shape index (κ2) is 11.2. The highest BCUT2D eigenvalue weighted by Gasteiger charge is 2.34. The Morgan fingerprint density at radius 3 is 2.53 bits per heavy atom. The van der Waals surface area contributed by atoms with Crippen molar-refractivity contribution in [2.24, 2.45) is 0 Å². The van der Waals surface area contributed by atoms with E-state index in [0.717, 1.165) is 16.7 Å². The Bertz CT molecular complexity index is 1010. The number of esters is 1. The molecule has 0 aromatic heterocycles. The zero-order valence-electron chi connectivity index (χ0n) is 17.7. The van der Waals surface area contributed by atoms with Crippen molar-refractivity contribution in [2.75, 3.05) is 33.5 Å². The molecule has 0 saturated carbocycles. The van der Waals surface area contributed by atoms with Crippen LogP contribution in [0.4, 0.5) is 4.79 Å². The first-order valence-corrected chi connectivity index (χ1v) is 10.7. The van der Waals surface area contributed by atoms with E-state index in [-0.39, 0.29) is 30.9 Å². The number of nitrogens with zero attached hydrogens (tertiary/aromatic N) is 1. The van der Waals surface area contributed by atoms with E-state index in [1.807, 2.05) is 37.3 Å². The Balaban J connectivity index is 1.67. The third kappa shape index (κ3) is 6.04. The zero-order chi connectivity index (χ0) is 22.9. The van der Waals surface area contributed by atoms with Crippen molar-refractivity contribution in [3.63, 3.8) is 0 Å². The first-order valence-electron chi connectivity index (χ1n) is 9.91. The topological polar surface area (TPSA) is 91.4 Å². The molecule has 1 aliphatic heterocycles. The van der Waals surface area contributed by atoms with E-state index in [1.54, 1.807) is 24.3 Å². The lowest BCUT2D eigenvalue weighted by molar-refractivity contribution is -0.142. The lowest BCUT2D eigenvalue weighted by Crippen LogP contribution is -2.32. The molecule has 0 spiro atoms. The van der Waals surface area contributed by atoms with Crippen LogP contribution in [0.5, 0.6) is 17.2 Å². The molecule has 0 unspecified atom stereocenters. The van der Waals surface area contributed by atoms with Crippen LogP contribution in [0.25, 0.3) is 6.08 Å². The van der Waals surface area contributed by atoms with Gasteiger partial charge in [0.2, 0.25) is 0 Å². The molecule has 32 heavy (non-hydrogen) atoms. The number of carbonyl (C=O) groups excluding carboxylic acids is 3. The summed E-state index contributed by atoms with van der Waals surface area (Å²) < 4.78 is 21.2. The van der Waals surface area contributed by atoms with Gasteiger partial charge < -0.3 is 18.9 Å². The number of hydrogen-bond acceptors (Lipinski definition) is 8. The number of methoxy groups -OCH3 is 1. The Morgan fingerprint density at radius 2 is 1.81 bits per heavy atom. The summed E-state index contributed by atoms with van der Waals surface area (Å²) in [6.07, 6.45) is 1.62. The smallest absolute Gasteiger partial charge is 0.343 e. The molecule has 0 atom stereocenters. The Morgan fingerprint density at radius 1 is 1.03 bits per heavy atom. The summed E-state index contributed by atoms with van der Waals surface area (Å²) in [5.41, 5.74) is 0.657. The molecule has 2 aromatic carbocycles. The van der Waals surface area contributed by atoms with E-state index in [9.17, 15) is 14.4 Å². The molecular weight excluding hydrogens is 434 g/mol. The monoisotopic (exact) mass is 457 g/mol. The van der Waals surface area contributed by atoms with Crippen LogP contribution in [-0.2, 0) is 14.3 Å².